The van der Waals surface area contributed by atoms with Crippen molar-refractivity contribution in [2.24, 2.45) is 0 Å². The number of piperidine rings is 1. The number of imidazole rings is 1. The molecule has 1 saturated heterocycles. The smallest absolute Gasteiger partial charge is 0.152 e. The third-order valence-corrected chi connectivity index (χ3v) is 4.09. The number of fused-ring (bicyclic) bond motifs is 1. The highest BCUT2D eigenvalue weighted by Gasteiger charge is 2.21. The van der Waals surface area contributed by atoms with E-state index in [1.54, 1.807) is 4.57 Å². The molecule has 1 aromatic heterocycles. The zero-order chi connectivity index (χ0) is 14.8. The third kappa shape index (κ3) is 3.06. The van der Waals surface area contributed by atoms with E-state index in [9.17, 15) is 13.9 Å². The van der Waals surface area contributed by atoms with Crippen molar-refractivity contribution in [1.82, 2.24) is 14.9 Å². The molecule has 3 rings (SSSR count). The molecule has 4 nitrogen and oxygen atoms in total. The first-order valence-electron chi connectivity index (χ1n) is 7.36. The van der Waals surface area contributed by atoms with Crippen LogP contribution < -0.4 is 5.32 Å². The molecule has 2 aromatic rings. The van der Waals surface area contributed by atoms with Gasteiger partial charge in [0.1, 0.15) is 11.3 Å². The Labute approximate surface area is 121 Å². The average Bonchev–Trinajstić information content (AvgIpc) is 2.84. The van der Waals surface area contributed by atoms with Crippen LogP contribution in [0.5, 0.6) is 0 Å². The quantitative estimate of drug-likeness (QED) is 0.909. The van der Waals surface area contributed by atoms with Gasteiger partial charge in [-0.2, -0.15) is 0 Å². The van der Waals surface area contributed by atoms with E-state index in [0.29, 0.717) is 17.6 Å². The van der Waals surface area contributed by atoms with Crippen molar-refractivity contribution >= 4 is 11.0 Å². The molecule has 114 valence electrons. The van der Waals surface area contributed by atoms with E-state index in [1.807, 2.05) is 0 Å². The highest BCUT2D eigenvalue weighted by atomic mass is 19.1. The molecule has 6 heteroatoms. The van der Waals surface area contributed by atoms with E-state index >= 15 is 0 Å². The summed E-state index contributed by atoms with van der Waals surface area (Å²) >= 11 is 0. The van der Waals surface area contributed by atoms with Crippen LogP contribution in [0.2, 0.25) is 0 Å². The number of aryl methyl sites for hydroxylation is 1. The average molecular weight is 295 g/mol. The van der Waals surface area contributed by atoms with Gasteiger partial charge in [-0.15, -0.1) is 0 Å². The van der Waals surface area contributed by atoms with Gasteiger partial charge in [-0.1, -0.05) is 0 Å². The number of hydrogen-bond donors (Lipinski definition) is 2. The molecule has 2 atom stereocenters. The lowest BCUT2D eigenvalue weighted by atomic mass is 9.97. The predicted molar refractivity (Wildman–Crippen MR) is 75.9 cm³/mol. The number of nitrogens with one attached hydrogen (secondary N) is 1. The molecule has 2 N–H and O–H groups in total. The van der Waals surface area contributed by atoms with Crippen LogP contribution in [-0.2, 0) is 6.54 Å². The first-order chi connectivity index (χ1) is 10.1. The summed E-state index contributed by atoms with van der Waals surface area (Å²) in [4.78, 5) is 4.04. The van der Waals surface area contributed by atoms with Crippen molar-refractivity contribution in [2.45, 2.75) is 44.4 Å². The fourth-order valence-electron chi connectivity index (χ4n) is 3.01. The van der Waals surface area contributed by atoms with E-state index in [1.165, 1.54) is 12.4 Å². The summed E-state index contributed by atoms with van der Waals surface area (Å²) < 4.78 is 28.7. The Hall–Kier alpha value is -1.53. The second-order valence-electron chi connectivity index (χ2n) is 5.61. The van der Waals surface area contributed by atoms with Crippen LogP contribution in [0.4, 0.5) is 8.78 Å². The van der Waals surface area contributed by atoms with Gasteiger partial charge in [0, 0.05) is 24.7 Å². The molecule has 0 saturated carbocycles. The largest absolute Gasteiger partial charge is 0.392 e. The van der Waals surface area contributed by atoms with Gasteiger partial charge in [-0.05, 0) is 32.2 Å². The number of halogens is 2. The fraction of sp³-hybridized carbons (Fsp3) is 0.533. The van der Waals surface area contributed by atoms with Crippen LogP contribution >= 0.6 is 0 Å². The Morgan fingerprint density at radius 2 is 2.24 bits per heavy atom. The van der Waals surface area contributed by atoms with Crippen molar-refractivity contribution in [3.63, 3.8) is 0 Å². The maximum atomic E-state index is 13.8. The van der Waals surface area contributed by atoms with Crippen LogP contribution in [0, 0.1) is 11.6 Å². The summed E-state index contributed by atoms with van der Waals surface area (Å²) in [6.45, 7) is 1.54. The maximum Gasteiger partial charge on any atom is 0.152 e. The van der Waals surface area contributed by atoms with E-state index in [2.05, 4.69) is 10.3 Å². The molecule has 1 fully saturated rings. The Kier molecular flexibility index (Phi) is 4.17. The minimum Gasteiger partial charge on any atom is -0.392 e. The molecule has 0 aliphatic carbocycles. The molecule has 1 aliphatic heterocycles. The Balaban J connectivity index is 1.65. The van der Waals surface area contributed by atoms with Crippen molar-refractivity contribution in [2.75, 3.05) is 6.54 Å². The summed E-state index contributed by atoms with van der Waals surface area (Å²) in [6.07, 6.45) is 4.70. The number of nitrogens with zero attached hydrogens (tertiary/aromatic N) is 2. The minimum absolute atomic E-state index is 0.107. The predicted octanol–water partition coefficient (Wildman–Crippen LogP) is 2.21. The summed E-state index contributed by atoms with van der Waals surface area (Å²) in [5.74, 6) is -1.20. The van der Waals surface area contributed by atoms with Gasteiger partial charge in [0.25, 0.3) is 0 Å². The van der Waals surface area contributed by atoms with E-state index in [4.69, 9.17) is 0 Å². The standard InChI is InChI=1S/C15H19F2N3O/c16-10-7-11(17)15-13(8-10)19-9-20(15)6-2-3-12-14(21)4-1-5-18-12/h7-9,12,14,18,21H,1-6H2. The molecular weight excluding hydrogens is 276 g/mol. The van der Waals surface area contributed by atoms with Crippen LogP contribution in [0.3, 0.4) is 0 Å². The molecule has 1 aliphatic rings. The van der Waals surface area contributed by atoms with E-state index < -0.39 is 11.6 Å². The van der Waals surface area contributed by atoms with Gasteiger partial charge in [-0.3, -0.25) is 0 Å². The monoisotopic (exact) mass is 295 g/mol. The van der Waals surface area contributed by atoms with Crippen LogP contribution in [0.15, 0.2) is 18.5 Å². The number of aliphatic hydroxyl groups is 1. The number of aliphatic hydroxyl groups excluding tert-OH is 1. The molecule has 0 radical (unpaired) electrons. The Morgan fingerprint density at radius 3 is 3.05 bits per heavy atom. The normalized spacial score (nSPS) is 22.8. The SMILES string of the molecule is OC1CCCNC1CCCn1cnc2cc(F)cc(F)c21. The number of rotatable bonds is 4. The number of benzene rings is 1. The first kappa shape index (κ1) is 14.4. The molecular formula is C15H19F2N3O. The summed E-state index contributed by atoms with van der Waals surface area (Å²) in [6, 6.07) is 2.23. The van der Waals surface area contributed by atoms with Crippen LogP contribution in [0.1, 0.15) is 25.7 Å². The summed E-state index contributed by atoms with van der Waals surface area (Å²) in [5.41, 5.74) is 0.678. The zero-order valence-electron chi connectivity index (χ0n) is 11.7. The Bertz CT molecular complexity index is 629. The molecule has 21 heavy (non-hydrogen) atoms. The van der Waals surface area contributed by atoms with Gasteiger partial charge in [0.2, 0.25) is 0 Å². The lowest BCUT2D eigenvalue weighted by molar-refractivity contribution is 0.0909. The minimum atomic E-state index is -0.611. The first-order valence-corrected chi connectivity index (χ1v) is 7.36. The van der Waals surface area contributed by atoms with Crippen molar-refractivity contribution in [3.8, 4) is 0 Å². The van der Waals surface area contributed by atoms with E-state index in [0.717, 1.165) is 38.3 Å². The lowest BCUT2D eigenvalue weighted by Crippen LogP contribution is -2.44. The molecule has 0 amide bonds. The lowest BCUT2D eigenvalue weighted by Gasteiger charge is -2.29. The van der Waals surface area contributed by atoms with Gasteiger partial charge in [0.05, 0.1) is 17.9 Å². The van der Waals surface area contributed by atoms with Crippen molar-refractivity contribution in [3.05, 3.63) is 30.1 Å². The maximum absolute atomic E-state index is 13.8. The molecule has 1 aromatic carbocycles. The van der Waals surface area contributed by atoms with Gasteiger partial charge in [0.15, 0.2) is 5.82 Å². The zero-order valence-corrected chi connectivity index (χ0v) is 11.7. The van der Waals surface area contributed by atoms with Gasteiger partial charge in [-0.25, -0.2) is 13.8 Å². The highest BCUT2D eigenvalue weighted by molar-refractivity contribution is 5.75. The van der Waals surface area contributed by atoms with Crippen molar-refractivity contribution in [1.29, 1.82) is 0 Å². The number of hydrogen-bond acceptors (Lipinski definition) is 3. The van der Waals surface area contributed by atoms with Gasteiger partial charge < -0.3 is 15.0 Å². The van der Waals surface area contributed by atoms with Crippen LogP contribution in [-0.4, -0.2) is 33.3 Å². The summed E-state index contributed by atoms with van der Waals surface area (Å²) in [5, 5.41) is 13.2. The second kappa shape index (κ2) is 6.07. The van der Waals surface area contributed by atoms with Crippen LogP contribution in [0.25, 0.3) is 11.0 Å². The summed E-state index contributed by atoms with van der Waals surface area (Å²) in [7, 11) is 0. The molecule has 2 heterocycles. The molecule has 0 bridgehead atoms. The topological polar surface area (TPSA) is 50.1 Å². The second-order valence-corrected chi connectivity index (χ2v) is 5.61. The van der Waals surface area contributed by atoms with Gasteiger partial charge >= 0.3 is 0 Å². The van der Waals surface area contributed by atoms with E-state index in [-0.39, 0.29) is 12.1 Å². The Morgan fingerprint density at radius 1 is 1.38 bits per heavy atom. The fourth-order valence-corrected chi connectivity index (χ4v) is 3.01. The van der Waals surface area contributed by atoms with Crippen molar-refractivity contribution < 1.29 is 13.9 Å². The molecule has 2 unspecified atom stereocenters. The highest BCUT2D eigenvalue weighted by Crippen LogP contribution is 2.20. The number of aromatic nitrogens is 2. The third-order valence-electron chi connectivity index (χ3n) is 4.09. The molecule has 0 spiro atoms.